The van der Waals surface area contributed by atoms with Gasteiger partial charge in [-0.15, -0.1) is 0 Å². The second kappa shape index (κ2) is 7.50. The van der Waals surface area contributed by atoms with Crippen LogP contribution in [0.25, 0.3) is 0 Å². The third kappa shape index (κ3) is 5.07. The molecule has 1 aromatic rings. The Morgan fingerprint density at radius 1 is 1.11 bits per heavy atom. The molecule has 2 atom stereocenters. The van der Waals surface area contributed by atoms with Crippen molar-refractivity contribution in [3.05, 3.63) is 35.9 Å². The van der Waals surface area contributed by atoms with Gasteiger partial charge in [0.2, 0.25) is 0 Å². The first-order chi connectivity index (χ1) is 9.02. The van der Waals surface area contributed by atoms with Gasteiger partial charge in [-0.2, -0.15) is 0 Å². The largest absolute Gasteiger partial charge is 0.479 e. The van der Waals surface area contributed by atoms with Gasteiger partial charge in [0.15, 0.2) is 12.2 Å². The van der Waals surface area contributed by atoms with E-state index in [1.807, 2.05) is 30.3 Å². The van der Waals surface area contributed by atoms with Crippen molar-refractivity contribution in [3.63, 3.8) is 0 Å². The monoisotopic (exact) mass is 268 g/mol. The Hall–Kier alpha value is -1.92. The maximum Gasteiger partial charge on any atom is 0.338 e. The van der Waals surface area contributed by atoms with Gasteiger partial charge in [-0.25, -0.2) is 9.59 Å². The number of aryl methyl sites for hydroxylation is 1. The minimum Gasteiger partial charge on any atom is -0.479 e. The van der Waals surface area contributed by atoms with Gasteiger partial charge in [-0.05, 0) is 18.4 Å². The molecule has 0 bridgehead atoms. The van der Waals surface area contributed by atoms with Crippen molar-refractivity contribution in [3.8, 4) is 0 Å². The molecule has 1 rings (SSSR count). The highest BCUT2D eigenvalue weighted by Gasteiger charge is 2.31. The molecule has 1 aromatic carbocycles. The zero-order chi connectivity index (χ0) is 14.3. The highest BCUT2D eigenvalue weighted by atomic mass is 16.5. The van der Waals surface area contributed by atoms with Crippen LogP contribution in [0.3, 0.4) is 0 Å². The number of carboxylic acids is 1. The lowest BCUT2D eigenvalue weighted by Crippen LogP contribution is -2.40. The summed E-state index contributed by atoms with van der Waals surface area (Å²) < 4.78 is 4.68. The summed E-state index contributed by atoms with van der Waals surface area (Å²) in [6.07, 6.45) is -2.98. The molecular weight excluding hydrogens is 252 g/mol. The zero-order valence-corrected chi connectivity index (χ0v) is 10.2. The van der Waals surface area contributed by atoms with Crippen LogP contribution in [0.5, 0.6) is 0 Å². The third-order valence-corrected chi connectivity index (χ3v) is 2.49. The van der Waals surface area contributed by atoms with E-state index < -0.39 is 24.1 Å². The number of hydrogen-bond donors (Lipinski definition) is 3. The molecule has 3 N–H and O–H groups in total. The second-order valence-corrected chi connectivity index (χ2v) is 3.98. The topological polar surface area (TPSA) is 104 Å². The van der Waals surface area contributed by atoms with Crippen molar-refractivity contribution in [2.24, 2.45) is 0 Å². The lowest BCUT2D eigenvalue weighted by atomic mass is 10.1. The Bertz CT molecular complexity index is 416. The summed E-state index contributed by atoms with van der Waals surface area (Å²) in [5.74, 6) is -2.81. The number of carboxylic acid groups (broad SMARTS) is 1. The lowest BCUT2D eigenvalue weighted by molar-refractivity contribution is -0.169. The quantitative estimate of drug-likeness (QED) is 0.474. The van der Waals surface area contributed by atoms with Crippen molar-refractivity contribution in [1.82, 2.24) is 0 Å². The van der Waals surface area contributed by atoms with Crippen molar-refractivity contribution in [1.29, 1.82) is 0 Å². The number of benzene rings is 1. The fourth-order valence-corrected chi connectivity index (χ4v) is 1.44. The van der Waals surface area contributed by atoms with Gasteiger partial charge in [0.25, 0.3) is 0 Å². The first kappa shape index (κ1) is 15.1. The Morgan fingerprint density at radius 2 is 1.74 bits per heavy atom. The molecule has 0 aliphatic rings. The van der Waals surface area contributed by atoms with Gasteiger partial charge in [0, 0.05) is 0 Å². The number of hydrogen-bond acceptors (Lipinski definition) is 5. The van der Waals surface area contributed by atoms with Crippen LogP contribution in [0.2, 0.25) is 0 Å². The van der Waals surface area contributed by atoms with Gasteiger partial charge in [0.05, 0.1) is 6.61 Å². The van der Waals surface area contributed by atoms with Crippen LogP contribution >= 0.6 is 0 Å². The summed E-state index contributed by atoms with van der Waals surface area (Å²) in [5, 5.41) is 26.5. The summed E-state index contributed by atoms with van der Waals surface area (Å²) in [6.45, 7) is 0.0527. The maximum absolute atomic E-state index is 11.2. The summed E-state index contributed by atoms with van der Waals surface area (Å²) in [7, 11) is 0. The zero-order valence-electron chi connectivity index (χ0n) is 10.2. The molecule has 0 heterocycles. The molecule has 104 valence electrons. The first-order valence-electron chi connectivity index (χ1n) is 5.82. The number of esters is 1. The van der Waals surface area contributed by atoms with E-state index in [9.17, 15) is 9.59 Å². The summed E-state index contributed by atoms with van der Waals surface area (Å²) in [6, 6.07) is 9.56. The first-order valence-corrected chi connectivity index (χ1v) is 5.82. The molecule has 6 nitrogen and oxygen atoms in total. The van der Waals surface area contributed by atoms with E-state index in [0.29, 0.717) is 12.8 Å². The highest BCUT2D eigenvalue weighted by Crippen LogP contribution is 2.03. The fraction of sp³-hybridized carbons (Fsp3) is 0.385. The van der Waals surface area contributed by atoms with Crippen LogP contribution in [0.15, 0.2) is 30.3 Å². The molecule has 19 heavy (non-hydrogen) atoms. The fourth-order valence-electron chi connectivity index (χ4n) is 1.44. The van der Waals surface area contributed by atoms with Gasteiger partial charge in [-0.3, -0.25) is 0 Å². The van der Waals surface area contributed by atoms with Crippen LogP contribution in [-0.2, 0) is 20.7 Å². The van der Waals surface area contributed by atoms with E-state index in [1.165, 1.54) is 0 Å². The van der Waals surface area contributed by atoms with Crippen LogP contribution in [0.1, 0.15) is 12.0 Å². The maximum atomic E-state index is 11.2. The number of carbonyl (C=O) groups excluding carboxylic acids is 1. The van der Waals surface area contributed by atoms with Crippen LogP contribution in [0.4, 0.5) is 0 Å². The average molecular weight is 268 g/mol. The molecule has 0 radical (unpaired) electrons. The molecule has 0 saturated carbocycles. The lowest BCUT2D eigenvalue weighted by Gasteiger charge is -2.13. The Kier molecular flexibility index (Phi) is 5.98. The van der Waals surface area contributed by atoms with Gasteiger partial charge in [0.1, 0.15) is 0 Å². The summed E-state index contributed by atoms with van der Waals surface area (Å²) >= 11 is 0. The molecule has 0 aliphatic carbocycles. The van der Waals surface area contributed by atoms with Crippen LogP contribution in [-0.4, -0.2) is 46.1 Å². The predicted octanol–water partition coefficient (Wildman–Crippen LogP) is -0.0312. The molecule has 6 heteroatoms. The van der Waals surface area contributed by atoms with Crippen molar-refractivity contribution < 1.29 is 29.6 Å². The SMILES string of the molecule is O=C(O)[C@H](O)[C@@H](O)C(=O)OCCCc1ccccc1. The summed E-state index contributed by atoms with van der Waals surface area (Å²) in [4.78, 5) is 21.5. The number of carbonyl (C=O) groups is 2. The molecule has 0 amide bonds. The normalized spacial score (nSPS) is 13.6. The molecule has 0 aromatic heterocycles. The number of aliphatic hydroxyl groups is 2. The van der Waals surface area contributed by atoms with Crippen molar-refractivity contribution >= 4 is 11.9 Å². The van der Waals surface area contributed by atoms with Crippen LogP contribution < -0.4 is 0 Å². The molecule has 0 saturated heterocycles. The molecule has 0 fully saturated rings. The Balaban J connectivity index is 2.26. The molecule has 0 aliphatic heterocycles. The number of aliphatic hydroxyl groups excluding tert-OH is 2. The number of ether oxygens (including phenoxy) is 1. The number of rotatable bonds is 7. The molecule has 0 spiro atoms. The van der Waals surface area contributed by atoms with Gasteiger partial charge in [-0.1, -0.05) is 30.3 Å². The Labute approximate surface area is 110 Å². The van der Waals surface area contributed by atoms with E-state index in [1.54, 1.807) is 0 Å². The van der Waals surface area contributed by atoms with Crippen molar-refractivity contribution in [2.75, 3.05) is 6.61 Å². The van der Waals surface area contributed by atoms with E-state index in [4.69, 9.17) is 15.3 Å². The molecule has 0 unspecified atom stereocenters. The standard InChI is InChI=1S/C13H16O6/c14-10(12(16)17)11(15)13(18)19-8-4-7-9-5-2-1-3-6-9/h1-3,5-6,10-11,14-15H,4,7-8H2,(H,16,17)/t10-,11-/m1/s1. The molecular formula is C13H16O6. The minimum atomic E-state index is -2.17. The highest BCUT2D eigenvalue weighted by molar-refractivity contribution is 5.84. The predicted molar refractivity (Wildman–Crippen MR) is 65.4 cm³/mol. The van der Waals surface area contributed by atoms with Gasteiger partial charge < -0.3 is 20.1 Å². The average Bonchev–Trinajstić information content (AvgIpc) is 2.42. The summed E-state index contributed by atoms with van der Waals surface area (Å²) in [5.41, 5.74) is 1.09. The third-order valence-electron chi connectivity index (χ3n) is 2.49. The van der Waals surface area contributed by atoms with E-state index in [-0.39, 0.29) is 6.61 Å². The smallest absolute Gasteiger partial charge is 0.338 e. The second-order valence-electron chi connectivity index (χ2n) is 3.98. The minimum absolute atomic E-state index is 0.0527. The van der Waals surface area contributed by atoms with E-state index in [0.717, 1.165) is 5.56 Å². The van der Waals surface area contributed by atoms with E-state index in [2.05, 4.69) is 4.74 Å². The Morgan fingerprint density at radius 3 is 2.32 bits per heavy atom. The van der Waals surface area contributed by atoms with E-state index >= 15 is 0 Å². The van der Waals surface area contributed by atoms with Crippen molar-refractivity contribution in [2.45, 2.75) is 25.0 Å². The number of aliphatic carboxylic acids is 1. The van der Waals surface area contributed by atoms with Crippen LogP contribution in [0, 0.1) is 0 Å². The van der Waals surface area contributed by atoms with Gasteiger partial charge >= 0.3 is 11.9 Å².